The van der Waals surface area contributed by atoms with Crippen molar-refractivity contribution in [1.82, 2.24) is 4.68 Å². The minimum absolute atomic E-state index is 0.264. The van der Waals surface area contributed by atoms with Gasteiger partial charge in [0.1, 0.15) is 0 Å². The second-order valence-corrected chi connectivity index (χ2v) is 4.26. The van der Waals surface area contributed by atoms with Crippen molar-refractivity contribution < 1.29 is 9.84 Å². The highest BCUT2D eigenvalue weighted by Gasteiger charge is 2.16. The maximum atomic E-state index is 12.0. The van der Waals surface area contributed by atoms with E-state index in [1.807, 2.05) is 18.2 Å². The summed E-state index contributed by atoms with van der Waals surface area (Å²) in [5, 5.41) is 10.7. The SMILES string of the molecule is CCCCOc1c(O)c(=O)n(NC)c2ccccc12. The van der Waals surface area contributed by atoms with Gasteiger partial charge >= 0.3 is 5.56 Å². The molecule has 1 heterocycles. The van der Waals surface area contributed by atoms with Gasteiger partial charge in [0.2, 0.25) is 5.75 Å². The first kappa shape index (κ1) is 13.3. The topological polar surface area (TPSA) is 63.5 Å². The fraction of sp³-hybridized carbons (Fsp3) is 0.357. The molecule has 0 saturated heterocycles. The third-order valence-corrected chi connectivity index (χ3v) is 2.98. The van der Waals surface area contributed by atoms with E-state index in [4.69, 9.17) is 4.74 Å². The van der Waals surface area contributed by atoms with Crippen LogP contribution in [0, 0.1) is 0 Å². The lowest BCUT2D eigenvalue weighted by Gasteiger charge is -2.15. The lowest BCUT2D eigenvalue weighted by molar-refractivity contribution is 0.294. The van der Waals surface area contributed by atoms with Crippen LogP contribution in [0.1, 0.15) is 19.8 Å². The largest absolute Gasteiger partial charge is 0.500 e. The minimum Gasteiger partial charge on any atom is -0.500 e. The van der Waals surface area contributed by atoms with Crippen molar-refractivity contribution in [1.29, 1.82) is 0 Å². The average Bonchev–Trinajstić information content (AvgIpc) is 2.44. The van der Waals surface area contributed by atoms with Gasteiger partial charge in [0.05, 0.1) is 12.1 Å². The summed E-state index contributed by atoms with van der Waals surface area (Å²) in [6.07, 6.45) is 1.87. The highest BCUT2D eigenvalue weighted by Crippen LogP contribution is 2.31. The quantitative estimate of drug-likeness (QED) is 0.810. The number of hydrogen-bond donors (Lipinski definition) is 2. The van der Waals surface area contributed by atoms with E-state index in [-0.39, 0.29) is 11.5 Å². The molecule has 0 bridgehead atoms. The van der Waals surface area contributed by atoms with E-state index >= 15 is 0 Å². The van der Waals surface area contributed by atoms with Crippen LogP contribution in [0.3, 0.4) is 0 Å². The van der Waals surface area contributed by atoms with Gasteiger partial charge < -0.3 is 15.3 Å². The van der Waals surface area contributed by atoms with Crippen molar-refractivity contribution in [2.45, 2.75) is 19.8 Å². The zero-order valence-electron chi connectivity index (χ0n) is 11.1. The summed E-state index contributed by atoms with van der Waals surface area (Å²) in [4.78, 5) is 12.0. The zero-order chi connectivity index (χ0) is 13.8. The first-order valence-electron chi connectivity index (χ1n) is 6.38. The number of hydrogen-bond acceptors (Lipinski definition) is 4. The molecular formula is C14H18N2O3. The maximum Gasteiger partial charge on any atom is 0.315 e. The van der Waals surface area contributed by atoms with Gasteiger partial charge in [-0.15, -0.1) is 0 Å². The predicted octanol–water partition coefficient (Wildman–Crippen LogP) is 2.06. The number of rotatable bonds is 5. The highest BCUT2D eigenvalue weighted by molar-refractivity contribution is 5.87. The first-order chi connectivity index (χ1) is 9.20. The molecule has 0 amide bonds. The summed E-state index contributed by atoms with van der Waals surface area (Å²) in [5.41, 5.74) is 2.94. The number of ether oxygens (including phenoxy) is 1. The van der Waals surface area contributed by atoms with Crippen molar-refractivity contribution in [2.75, 3.05) is 19.1 Å². The number of pyridine rings is 1. The Morgan fingerprint density at radius 1 is 1.37 bits per heavy atom. The molecule has 0 atom stereocenters. The zero-order valence-corrected chi connectivity index (χ0v) is 11.1. The second kappa shape index (κ2) is 5.65. The van der Waals surface area contributed by atoms with Crippen LogP contribution in [0.5, 0.6) is 11.5 Å². The standard InChI is InChI=1S/C14H18N2O3/c1-3-4-9-19-13-10-7-5-6-8-11(10)16(15-2)14(18)12(13)17/h5-8,15,17H,3-4,9H2,1-2H3. The Hall–Kier alpha value is -2.17. The van der Waals surface area contributed by atoms with Gasteiger partial charge in [-0.2, -0.15) is 0 Å². The van der Waals surface area contributed by atoms with Crippen LogP contribution in [0.25, 0.3) is 10.9 Å². The number of aromatic nitrogens is 1. The molecule has 102 valence electrons. The molecule has 0 saturated carbocycles. The summed E-state index contributed by atoms with van der Waals surface area (Å²) >= 11 is 0. The molecule has 0 aliphatic rings. The van der Waals surface area contributed by atoms with E-state index in [0.717, 1.165) is 12.8 Å². The summed E-state index contributed by atoms with van der Waals surface area (Å²) in [5.74, 6) is -0.0929. The molecular weight excluding hydrogens is 244 g/mol. The van der Waals surface area contributed by atoms with E-state index in [9.17, 15) is 9.90 Å². The Balaban J connectivity index is 2.62. The summed E-state index contributed by atoms with van der Waals surface area (Å²) in [6, 6.07) is 7.31. The van der Waals surface area contributed by atoms with Gasteiger partial charge in [-0.25, -0.2) is 4.68 Å². The predicted molar refractivity (Wildman–Crippen MR) is 75.6 cm³/mol. The fourth-order valence-corrected chi connectivity index (χ4v) is 1.99. The van der Waals surface area contributed by atoms with Crippen LogP contribution in [0.2, 0.25) is 0 Å². The lowest BCUT2D eigenvalue weighted by atomic mass is 10.2. The number of para-hydroxylation sites is 1. The minimum atomic E-state index is -0.507. The molecule has 1 aromatic carbocycles. The van der Waals surface area contributed by atoms with Crippen LogP contribution in [0.15, 0.2) is 29.1 Å². The van der Waals surface area contributed by atoms with Crippen LogP contribution < -0.4 is 15.7 Å². The molecule has 0 aliphatic heterocycles. The van der Waals surface area contributed by atoms with Crippen LogP contribution in [-0.4, -0.2) is 23.4 Å². The second-order valence-electron chi connectivity index (χ2n) is 4.26. The number of aromatic hydroxyl groups is 1. The van der Waals surface area contributed by atoms with E-state index in [1.54, 1.807) is 13.1 Å². The Morgan fingerprint density at radius 3 is 2.79 bits per heavy atom. The van der Waals surface area contributed by atoms with E-state index in [0.29, 0.717) is 17.5 Å². The van der Waals surface area contributed by atoms with E-state index < -0.39 is 5.56 Å². The van der Waals surface area contributed by atoms with E-state index in [2.05, 4.69) is 12.3 Å². The van der Waals surface area contributed by atoms with Crippen LogP contribution >= 0.6 is 0 Å². The number of benzene rings is 1. The molecule has 1 aromatic heterocycles. The number of nitrogens with one attached hydrogen (secondary N) is 1. The molecule has 2 aromatic rings. The number of unbranched alkanes of at least 4 members (excludes halogenated alkanes) is 1. The Labute approximate surface area is 111 Å². The van der Waals surface area contributed by atoms with Crippen molar-refractivity contribution in [2.24, 2.45) is 0 Å². The van der Waals surface area contributed by atoms with Crippen LogP contribution in [0.4, 0.5) is 0 Å². The first-order valence-corrected chi connectivity index (χ1v) is 6.38. The number of nitrogens with zero attached hydrogens (tertiary/aromatic N) is 1. The van der Waals surface area contributed by atoms with Crippen molar-refractivity contribution in [3.05, 3.63) is 34.6 Å². The highest BCUT2D eigenvalue weighted by atomic mass is 16.5. The normalized spacial score (nSPS) is 10.6. The molecule has 0 fully saturated rings. The van der Waals surface area contributed by atoms with Gasteiger partial charge in [-0.05, 0) is 18.6 Å². The Bertz CT molecular complexity index is 634. The molecule has 19 heavy (non-hydrogen) atoms. The molecule has 0 unspecified atom stereocenters. The van der Waals surface area contributed by atoms with Gasteiger partial charge in [-0.1, -0.05) is 25.5 Å². The molecule has 0 spiro atoms. The fourth-order valence-electron chi connectivity index (χ4n) is 1.99. The Kier molecular flexibility index (Phi) is 3.94. The van der Waals surface area contributed by atoms with Crippen LogP contribution in [-0.2, 0) is 0 Å². The Morgan fingerprint density at radius 2 is 2.11 bits per heavy atom. The lowest BCUT2D eigenvalue weighted by Crippen LogP contribution is -2.27. The maximum absolute atomic E-state index is 12.0. The molecule has 0 radical (unpaired) electrons. The summed E-state index contributed by atoms with van der Waals surface area (Å²) in [7, 11) is 1.63. The van der Waals surface area contributed by atoms with Crippen molar-refractivity contribution >= 4 is 10.9 Å². The van der Waals surface area contributed by atoms with Gasteiger partial charge in [0.25, 0.3) is 0 Å². The van der Waals surface area contributed by atoms with Gasteiger partial charge in [0.15, 0.2) is 5.75 Å². The van der Waals surface area contributed by atoms with Gasteiger partial charge in [0, 0.05) is 12.4 Å². The summed E-state index contributed by atoms with van der Waals surface area (Å²) in [6.45, 7) is 2.54. The van der Waals surface area contributed by atoms with Crippen molar-refractivity contribution in [3.63, 3.8) is 0 Å². The molecule has 5 heteroatoms. The number of fused-ring (bicyclic) bond motifs is 1. The van der Waals surface area contributed by atoms with Gasteiger partial charge in [-0.3, -0.25) is 4.79 Å². The molecule has 5 nitrogen and oxygen atoms in total. The van der Waals surface area contributed by atoms with E-state index in [1.165, 1.54) is 4.68 Å². The monoisotopic (exact) mass is 262 g/mol. The summed E-state index contributed by atoms with van der Waals surface area (Å²) < 4.78 is 6.88. The molecule has 2 N–H and O–H groups in total. The third-order valence-electron chi connectivity index (χ3n) is 2.98. The molecule has 0 aliphatic carbocycles. The third kappa shape index (κ3) is 2.36. The molecule has 2 rings (SSSR count). The van der Waals surface area contributed by atoms with Crippen molar-refractivity contribution in [3.8, 4) is 11.5 Å². The smallest absolute Gasteiger partial charge is 0.315 e. The average molecular weight is 262 g/mol.